The van der Waals surface area contributed by atoms with Crippen LogP contribution in [-0.2, 0) is 0 Å². The first-order valence-corrected chi connectivity index (χ1v) is 2.42. The summed E-state index contributed by atoms with van der Waals surface area (Å²) in [5, 5.41) is 17.4. The second-order valence-electron chi connectivity index (χ2n) is 1.64. The van der Waals surface area contributed by atoms with E-state index in [1.165, 1.54) is 6.08 Å². The Morgan fingerprint density at radius 3 is 2.38 bits per heavy atom. The van der Waals surface area contributed by atoms with Gasteiger partial charge in [-0.15, -0.1) is 0 Å². The Balaban J connectivity index is 2.69. The molecule has 0 aromatic rings. The minimum absolute atomic E-state index is 0.144. The van der Waals surface area contributed by atoms with Crippen molar-refractivity contribution >= 4 is 0 Å². The summed E-state index contributed by atoms with van der Waals surface area (Å²) < 4.78 is 0. The fourth-order valence-electron chi connectivity index (χ4n) is 0.570. The topological polar surface area (TPSA) is 40.5 Å². The first-order chi connectivity index (χ1) is 3.79. The molecule has 1 aliphatic rings. The number of aliphatic hydroxyl groups is 2. The molecular weight excluding hydrogens is 104 g/mol. The van der Waals surface area contributed by atoms with Gasteiger partial charge in [0.15, 0.2) is 0 Å². The van der Waals surface area contributed by atoms with Crippen molar-refractivity contribution in [1.29, 1.82) is 0 Å². The molecule has 0 aliphatic heterocycles. The number of aliphatic hydroxyl groups excluding tert-OH is 2. The zero-order valence-electron chi connectivity index (χ0n) is 4.33. The molecule has 2 N–H and O–H groups in total. The van der Waals surface area contributed by atoms with Crippen molar-refractivity contribution in [2.75, 3.05) is 0 Å². The Bertz CT molecular complexity index is 145. The molecule has 0 aromatic heterocycles. The normalized spacial score (nSPS) is 19.5. The molecule has 1 aliphatic carbocycles. The van der Waals surface area contributed by atoms with E-state index in [-0.39, 0.29) is 11.5 Å². The minimum atomic E-state index is 0.144. The average Bonchev–Trinajstić information content (AvgIpc) is 1.64. The van der Waals surface area contributed by atoms with Gasteiger partial charge < -0.3 is 10.2 Å². The molecule has 0 saturated carbocycles. The van der Waals surface area contributed by atoms with E-state index in [9.17, 15) is 0 Å². The maximum atomic E-state index is 8.68. The van der Waals surface area contributed by atoms with E-state index in [1.54, 1.807) is 12.5 Å². The van der Waals surface area contributed by atoms with E-state index in [1.807, 2.05) is 0 Å². The smallest absolute Gasteiger partial charge is 0.114 e. The molecule has 2 heteroatoms. The van der Waals surface area contributed by atoms with Crippen LogP contribution >= 0.6 is 0 Å². The number of allylic oxidation sites excluding steroid dienone is 3. The van der Waals surface area contributed by atoms with Crippen molar-refractivity contribution in [1.82, 2.24) is 0 Å². The standard InChI is InChI=1S/C6H7O2/c7-5-2-1-3-6(8)4-5/h2-4,7-8H,1H2. The summed E-state index contributed by atoms with van der Waals surface area (Å²) in [5.74, 6) is 0.287. The van der Waals surface area contributed by atoms with Gasteiger partial charge in [-0.25, -0.2) is 0 Å². The van der Waals surface area contributed by atoms with Gasteiger partial charge in [0.2, 0.25) is 0 Å². The van der Waals surface area contributed by atoms with Crippen LogP contribution in [0.25, 0.3) is 0 Å². The molecule has 1 radical (unpaired) electrons. The fourth-order valence-corrected chi connectivity index (χ4v) is 0.570. The van der Waals surface area contributed by atoms with Crippen molar-refractivity contribution in [3.8, 4) is 0 Å². The van der Waals surface area contributed by atoms with E-state index >= 15 is 0 Å². The highest BCUT2D eigenvalue weighted by Crippen LogP contribution is 2.10. The molecular formula is C6H7O2. The highest BCUT2D eigenvalue weighted by atomic mass is 16.3. The Labute approximate surface area is 47.8 Å². The van der Waals surface area contributed by atoms with Gasteiger partial charge in [0, 0.05) is 12.5 Å². The largest absolute Gasteiger partial charge is 0.512 e. The maximum absolute atomic E-state index is 8.68. The fraction of sp³-hybridized carbons (Fsp3) is 0.167. The van der Waals surface area contributed by atoms with Gasteiger partial charge in [-0.3, -0.25) is 0 Å². The van der Waals surface area contributed by atoms with Crippen molar-refractivity contribution in [2.45, 2.75) is 6.42 Å². The van der Waals surface area contributed by atoms with Crippen LogP contribution in [0.4, 0.5) is 0 Å². The van der Waals surface area contributed by atoms with E-state index < -0.39 is 0 Å². The third kappa shape index (κ3) is 1.03. The van der Waals surface area contributed by atoms with Gasteiger partial charge in [0.05, 0.1) is 0 Å². The predicted molar refractivity (Wildman–Crippen MR) is 30.3 cm³/mol. The third-order valence-electron chi connectivity index (χ3n) is 0.950. The Morgan fingerprint density at radius 1 is 1.25 bits per heavy atom. The van der Waals surface area contributed by atoms with Crippen molar-refractivity contribution in [2.24, 2.45) is 0 Å². The van der Waals surface area contributed by atoms with Crippen LogP contribution in [-0.4, -0.2) is 10.2 Å². The van der Waals surface area contributed by atoms with E-state index in [0.29, 0.717) is 6.42 Å². The quantitative estimate of drug-likeness (QED) is 0.497. The molecule has 43 valence electrons. The number of rotatable bonds is 0. The maximum Gasteiger partial charge on any atom is 0.114 e. The van der Waals surface area contributed by atoms with Gasteiger partial charge in [0.1, 0.15) is 11.5 Å². The molecule has 0 bridgehead atoms. The second-order valence-corrected chi connectivity index (χ2v) is 1.64. The number of hydrogen-bond donors (Lipinski definition) is 2. The average molecular weight is 111 g/mol. The summed E-state index contributed by atoms with van der Waals surface area (Å²) in [6.07, 6.45) is 5.18. The van der Waals surface area contributed by atoms with Crippen LogP contribution in [0.5, 0.6) is 0 Å². The summed E-state index contributed by atoms with van der Waals surface area (Å²) in [6, 6.07) is 0. The van der Waals surface area contributed by atoms with Crippen molar-refractivity contribution in [3.05, 3.63) is 30.1 Å². The molecule has 2 nitrogen and oxygen atoms in total. The minimum Gasteiger partial charge on any atom is -0.512 e. The highest BCUT2D eigenvalue weighted by molar-refractivity contribution is 5.24. The van der Waals surface area contributed by atoms with Gasteiger partial charge in [-0.2, -0.15) is 0 Å². The lowest BCUT2D eigenvalue weighted by Gasteiger charge is -2.01. The molecule has 0 amide bonds. The van der Waals surface area contributed by atoms with Crippen molar-refractivity contribution < 1.29 is 10.2 Å². The van der Waals surface area contributed by atoms with E-state index in [2.05, 4.69) is 0 Å². The third-order valence-corrected chi connectivity index (χ3v) is 0.950. The summed E-state index contributed by atoms with van der Waals surface area (Å²) in [6.45, 7) is 0. The van der Waals surface area contributed by atoms with Crippen molar-refractivity contribution in [3.63, 3.8) is 0 Å². The van der Waals surface area contributed by atoms with Crippen LogP contribution in [0.2, 0.25) is 0 Å². The molecule has 1 rings (SSSR count). The Morgan fingerprint density at radius 2 is 2.00 bits per heavy atom. The van der Waals surface area contributed by atoms with Crippen LogP contribution in [0.1, 0.15) is 6.42 Å². The zero-order valence-corrected chi connectivity index (χ0v) is 4.33. The molecule has 0 unspecified atom stereocenters. The molecule has 0 fully saturated rings. The summed E-state index contributed by atoms with van der Waals surface area (Å²) in [5.41, 5.74) is 0. The van der Waals surface area contributed by atoms with E-state index in [0.717, 1.165) is 0 Å². The second kappa shape index (κ2) is 1.90. The first-order valence-electron chi connectivity index (χ1n) is 2.42. The van der Waals surface area contributed by atoms with Crippen LogP contribution < -0.4 is 0 Å². The zero-order chi connectivity index (χ0) is 5.98. The first kappa shape index (κ1) is 5.22. The van der Waals surface area contributed by atoms with Crippen LogP contribution in [0, 0.1) is 6.42 Å². The van der Waals surface area contributed by atoms with Gasteiger partial charge >= 0.3 is 0 Å². The van der Waals surface area contributed by atoms with Gasteiger partial charge in [0.25, 0.3) is 0 Å². The molecule has 0 atom stereocenters. The van der Waals surface area contributed by atoms with Gasteiger partial charge in [-0.1, -0.05) is 0 Å². The highest BCUT2D eigenvalue weighted by Gasteiger charge is 2.00. The Kier molecular flexibility index (Phi) is 1.24. The van der Waals surface area contributed by atoms with Gasteiger partial charge in [-0.05, 0) is 12.5 Å². The SMILES string of the molecule is OC1=CC(O)=CC[CH]1. The molecule has 0 saturated heterocycles. The van der Waals surface area contributed by atoms with E-state index in [4.69, 9.17) is 10.2 Å². The lowest BCUT2D eigenvalue weighted by Crippen LogP contribution is -1.90. The van der Waals surface area contributed by atoms with Crippen LogP contribution in [0.15, 0.2) is 23.7 Å². The summed E-state index contributed by atoms with van der Waals surface area (Å²) >= 11 is 0. The van der Waals surface area contributed by atoms with Crippen LogP contribution in [0.3, 0.4) is 0 Å². The predicted octanol–water partition coefficient (Wildman–Crippen LogP) is 1.48. The molecule has 0 heterocycles. The Hall–Kier alpha value is -0.920. The molecule has 8 heavy (non-hydrogen) atoms. The summed E-state index contributed by atoms with van der Waals surface area (Å²) in [7, 11) is 0. The lowest BCUT2D eigenvalue weighted by molar-refractivity contribution is 0.388. The lowest BCUT2D eigenvalue weighted by atomic mass is 10.1. The summed E-state index contributed by atoms with van der Waals surface area (Å²) in [4.78, 5) is 0. The molecule has 0 aromatic carbocycles. The monoisotopic (exact) mass is 111 g/mol. The number of hydrogen-bond acceptors (Lipinski definition) is 2. The molecule has 0 spiro atoms.